The maximum atomic E-state index is 11.2. The zero-order chi connectivity index (χ0) is 11.2. The fourth-order valence-electron chi connectivity index (χ4n) is 0.873. The fourth-order valence-corrected chi connectivity index (χ4v) is 5.86. The summed E-state index contributed by atoms with van der Waals surface area (Å²) in [5.74, 6) is 0. The molecule has 0 heterocycles. The van der Waals surface area contributed by atoms with E-state index in [0.717, 1.165) is 8.87 Å². The molecule has 0 rings (SSSR count). The Morgan fingerprint density at radius 1 is 0.929 bits per heavy atom. The summed E-state index contributed by atoms with van der Waals surface area (Å²) in [6.07, 6.45) is 4.81. The molecule has 2 N–H and O–H groups in total. The number of aliphatic hydroxyl groups is 2. The van der Waals surface area contributed by atoms with Crippen molar-refractivity contribution in [1.29, 1.82) is 0 Å². The average Bonchev–Trinajstić information content (AvgIpc) is 2.23. The molecule has 0 aromatic heterocycles. The number of unbranched alkanes of at least 4 members (excludes halogenated alkanes) is 2. The fraction of sp³-hybridized carbons (Fsp3) is 1.00. The Hall–Kier alpha value is 0.519. The second-order valence-corrected chi connectivity index (χ2v) is 9.12. The number of rotatable bonds is 7. The van der Waals surface area contributed by atoms with E-state index in [1.807, 2.05) is 0 Å². The second kappa shape index (κ2) is 16.0. The quantitative estimate of drug-likeness (QED) is 0.707. The first kappa shape index (κ1) is 16.9. The van der Waals surface area contributed by atoms with E-state index in [1.54, 1.807) is 0 Å². The number of hydrogen-bond acceptors (Lipinski definition) is 3. The molecular weight excluding hydrogens is 287 g/mol. The molecule has 0 unspecified atom stereocenters. The Morgan fingerprint density at radius 3 is 1.50 bits per heavy atom. The summed E-state index contributed by atoms with van der Waals surface area (Å²) in [7, 11) is 0. The van der Waals surface area contributed by atoms with Crippen LogP contribution in [0.3, 0.4) is 0 Å². The van der Waals surface area contributed by atoms with E-state index in [0.29, 0.717) is 0 Å². The molecular formula is C10H24O3Sn. The third kappa shape index (κ3) is 18.3. The molecule has 14 heavy (non-hydrogen) atoms. The zero-order valence-electron chi connectivity index (χ0n) is 9.46. The average molecular weight is 311 g/mol. The first-order valence-corrected chi connectivity index (χ1v) is 10.7. The van der Waals surface area contributed by atoms with Crippen molar-refractivity contribution in [3.63, 3.8) is 0 Å². The zero-order valence-corrected chi connectivity index (χ0v) is 12.3. The minimum Gasteiger partial charge on any atom is -0.394 e. The van der Waals surface area contributed by atoms with Crippen molar-refractivity contribution in [1.82, 2.24) is 0 Å². The second-order valence-electron chi connectivity index (χ2n) is 3.19. The summed E-state index contributed by atoms with van der Waals surface area (Å²) in [5, 5.41) is 15.2. The smallest absolute Gasteiger partial charge is 0.0662 e. The van der Waals surface area contributed by atoms with E-state index in [2.05, 4.69) is 13.8 Å². The largest absolute Gasteiger partial charge is 0.394 e. The van der Waals surface area contributed by atoms with E-state index < -0.39 is 19.7 Å². The normalized spacial score (nSPS) is 9.14. The molecule has 0 bridgehead atoms. The van der Waals surface area contributed by atoms with Gasteiger partial charge in [-0.2, -0.15) is 0 Å². The van der Waals surface area contributed by atoms with E-state index in [9.17, 15) is 3.08 Å². The van der Waals surface area contributed by atoms with Gasteiger partial charge in [0.2, 0.25) is 0 Å². The summed E-state index contributed by atoms with van der Waals surface area (Å²) in [6, 6.07) is 0. The molecule has 0 fully saturated rings. The summed E-state index contributed by atoms with van der Waals surface area (Å²) >= 11 is -1.99. The first-order valence-electron chi connectivity index (χ1n) is 5.46. The molecule has 0 saturated heterocycles. The van der Waals surface area contributed by atoms with Crippen LogP contribution in [-0.4, -0.2) is 43.2 Å². The molecule has 0 radical (unpaired) electrons. The Morgan fingerprint density at radius 2 is 1.29 bits per heavy atom. The summed E-state index contributed by atoms with van der Waals surface area (Å²) in [6.45, 7) is 4.08. The standard InChI is InChI=1S/2C4H9.C2H6O2.O.Sn/c2*1-3-4-2;3-1-2-4;;/h2*1,3-4H2,2H3;3-4H,1-2H2;;. The third-order valence-corrected chi connectivity index (χ3v) is 6.92. The minimum absolute atomic E-state index is 0.125. The maximum absolute atomic E-state index is 11.2. The molecule has 4 heteroatoms. The van der Waals surface area contributed by atoms with Gasteiger partial charge in [-0.3, -0.25) is 0 Å². The van der Waals surface area contributed by atoms with Crippen molar-refractivity contribution in [2.24, 2.45) is 0 Å². The minimum atomic E-state index is -1.99. The van der Waals surface area contributed by atoms with Gasteiger partial charge in [0.15, 0.2) is 0 Å². The van der Waals surface area contributed by atoms with Gasteiger partial charge < -0.3 is 10.2 Å². The van der Waals surface area contributed by atoms with Gasteiger partial charge in [-0.25, -0.2) is 0 Å². The molecule has 0 aromatic rings. The van der Waals surface area contributed by atoms with E-state index in [4.69, 9.17) is 10.2 Å². The summed E-state index contributed by atoms with van der Waals surface area (Å²) < 4.78 is 13.4. The van der Waals surface area contributed by atoms with Crippen LogP contribution in [0, 0.1) is 0 Å². The van der Waals surface area contributed by atoms with Crippen LogP contribution in [-0.2, 0) is 3.08 Å². The van der Waals surface area contributed by atoms with Crippen LogP contribution in [0.2, 0.25) is 8.87 Å². The van der Waals surface area contributed by atoms with Gasteiger partial charge in [0.05, 0.1) is 13.2 Å². The van der Waals surface area contributed by atoms with Crippen LogP contribution in [0.5, 0.6) is 0 Å². The van der Waals surface area contributed by atoms with Gasteiger partial charge >= 0.3 is 71.2 Å². The van der Waals surface area contributed by atoms with Crippen LogP contribution >= 0.6 is 0 Å². The molecule has 0 aliphatic carbocycles. The van der Waals surface area contributed by atoms with E-state index in [-0.39, 0.29) is 13.2 Å². The molecule has 86 valence electrons. The van der Waals surface area contributed by atoms with Crippen LogP contribution in [0.1, 0.15) is 39.5 Å². The van der Waals surface area contributed by atoms with Crippen molar-refractivity contribution in [2.75, 3.05) is 13.2 Å². The molecule has 0 aliphatic rings. The number of aliphatic hydroxyl groups excluding tert-OH is 2. The predicted octanol–water partition coefficient (Wildman–Crippen LogP) is 1.98. The topological polar surface area (TPSA) is 57.5 Å². The Bertz CT molecular complexity index is 106. The third-order valence-electron chi connectivity index (χ3n) is 1.72. The molecule has 0 amide bonds. The molecule has 3 nitrogen and oxygen atoms in total. The van der Waals surface area contributed by atoms with Crippen LogP contribution in [0.15, 0.2) is 0 Å². The maximum Gasteiger partial charge on any atom is 0.0662 e. The predicted molar refractivity (Wildman–Crippen MR) is 60.0 cm³/mol. The van der Waals surface area contributed by atoms with Crippen LogP contribution in [0.4, 0.5) is 0 Å². The molecule has 0 aliphatic heterocycles. The van der Waals surface area contributed by atoms with Gasteiger partial charge in [-0.15, -0.1) is 0 Å². The van der Waals surface area contributed by atoms with Crippen molar-refractivity contribution in [3.8, 4) is 0 Å². The van der Waals surface area contributed by atoms with Crippen molar-refractivity contribution in [2.45, 2.75) is 48.4 Å². The van der Waals surface area contributed by atoms with Crippen LogP contribution < -0.4 is 0 Å². The number of hydrogen-bond donors (Lipinski definition) is 2. The van der Waals surface area contributed by atoms with Crippen LogP contribution in [0.25, 0.3) is 0 Å². The Kier molecular flexibility index (Phi) is 19.3. The van der Waals surface area contributed by atoms with Gasteiger partial charge in [-0.1, -0.05) is 0 Å². The van der Waals surface area contributed by atoms with Gasteiger partial charge in [-0.05, 0) is 0 Å². The van der Waals surface area contributed by atoms with Gasteiger partial charge in [0.1, 0.15) is 0 Å². The van der Waals surface area contributed by atoms with Crippen molar-refractivity contribution < 1.29 is 13.3 Å². The van der Waals surface area contributed by atoms with Gasteiger partial charge in [0.25, 0.3) is 0 Å². The Labute approximate surface area is 94.6 Å². The molecule has 0 spiro atoms. The SMILES string of the molecule is CCC[CH2][Sn](=[O])[CH2]CCC.OCCO. The monoisotopic (exact) mass is 312 g/mol. The summed E-state index contributed by atoms with van der Waals surface area (Å²) in [4.78, 5) is 0. The van der Waals surface area contributed by atoms with E-state index >= 15 is 0 Å². The Balaban J connectivity index is 0. The van der Waals surface area contributed by atoms with Crippen molar-refractivity contribution in [3.05, 3.63) is 0 Å². The molecule has 0 atom stereocenters. The molecule has 0 saturated carbocycles. The summed E-state index contributed by atoms with van der Waals surface area (Å²) in [5.41, 5.74) is 0. The van der Waals surface area contributed by atoms with E-state index in [1.165, 1.54) is 25.7 Å². The van der Waals surface area contributed by atoms with Gasteiger partial charge in [0, 0.05) is 0 Å². The van der Waals surface area contributed by atoms with Crippen molar-refractivity contribution >= 4 is 19.7 Å². The first-order chi connectivity index (χ1) is 6.72. The molecule has 0 aromatic carbocycles.